The average Bonchev–Trinajstić information content (AvgIpc) is 2.42. The zero-order chi connectivity index (χ0) is 14.3. The van der Waals surface area contributed by atoms with Gasteiger partial charge < -0.3 is 10.1 Å². The molecule has 0 radical (unpaired) electrons. The van der Waals surface area contributed by atoms with Gasteiger partial charge in [0.2, 0.25) is 0 Å². The Morgan fingerprint density at radius 3 is 2.84 bits per heavy atom. The third-order valence-corrected chi connectivity index (χ3v) is 2.26. The lowest BCUT2D eigenvalue weighted by molar-refractivity contribution is -0.384. The largest absolute Gasteiger partial charge is 0.483 e. The van der Waals surface area contributed by atoms with E-state index in [9.17, 15) is 19.7 Å². The number of benzene rings is 1. The minimum Gasteiger partial charge on any atom is -0.483 e. The minimum absolute atomic E-state index is 0.0393. The molecular weight excluding hydrogens is 252 g/mol. The summed E-state index contributed by atoms with van der Waals surface area (Å²) >= 11 is 0. The Hall–Kier alpha value is -2.44. The first kappa shape index (κ1) is 14.6. The molecule has 1 amide bonds. The van der Waals surface area contributed by atoms with Gasteiger partial charge in [-0.1, -0.05) is 6.92 Å². The Morgan fingerprint density at radius 1 is 1.53 bits per heavy atom. The Morgan fingerprint density at radius 2 is 2.26 bits per heavy atom. The van der Waals surface area contributed by atoms with Crippen molar-refractivity contribution in [1.82, 2.24) is 5.32 Å². The van der Waals surface area contributed by atoms with Crippen LogP contribution in [0.3, 0.4) is 0 Å². The van der Waals surface area contributed by atoms with Crippen molar-refractivity contribution < 1.29 is 19.2 Å². The highest BCUT2D eigenvalue weighted by Gasteiger charge is 2.12. The van der Waals surface area contributed by atoms with Crippen LogP contribution in [-0.4, -0.2) is 30.3 Å². The van der Waals surface area contributed by atoms with Crippen molar-refractivity contribution in [2.75, 3.05) is 13.2 Å². The quantitative estimate of drug-likeness (QED) is 0.455. The third kappa shape index (κ3) is 4.38. The molecular formula is C12H14N2O5. The summed E-state index contributed by atoms with van der Waals surface area (Å²) < 4.78 is 5.16. The number of nitro groups is 1. The molecule has 0 aromatic heterocycles. The molecule has 7 nitrogen and oxygen atoms in total. The van der Waals surface area contributed by atoms with Gasteiger partial charge in [0.25, 0.3) is 11.6 Å². The summed E-state index contributed by atoms with van der Waals surface area (Å²) in [5.41, 5.74) is -0.164. The van der Waals surface area contributed by atoms with Gasteiger partial charge in [-0.15, -0.1) is 0 Å². The fourth-order valence-electron chi connectivity index (χ4n) is 1.33. The van der Waals surface area contributed by atoms with Crippen LogP contribution < -0.4 is 10.1 Å². The minimum atomic E-state index is -0.606. The molecule has 102 valence electrons. The van der Waals surface area contributed by atoms with Gasteiger partial charge in [-0.05, 0) is 12.5 Å². The predicted octanol–water partition coefficient (Wildman–Crippen LogP) is 1.31. The highest BCUT2D eigenvalue weighted by atomic mass is 16.6. The molecule has 0 saturated carbocycles. The van der Waals surface area contributed by atoms with Crippen LogP contribution in [0.2, 0.25) is 0 Å². The number of hydrogen-bond acceptors (Lipinski definition) is 5. The second-order valence-corrected chi connectivity index (χ2v) is 3.74. The Labute approximate surface area is 109 Å². The number of amides is 1. The van der Waals surface area contributed by atoms with E-state index in [1.165, 1.54) is 12.1 Å². The van der Waals surface area contributed by atoms with Gasteiger partial charge in [0, 0.05) is 18.7 Å². The SMILES string of the molecule is CCCNC(=O)COc1ccc([N+](=O)[O-])cc1C=O. The molecule has 0 aliphatic rings. The van der Waals surface area contributed by atoms with Crippen molar-refractivity contribution in [1.29, 1.82) is 0 Å². The van der Waals surface area contributed by atoms with Gasteiger partial charge in [-0.25, -0.2) is 0 Å². The summed E-state index contributed by atoms with van der Waals surface area (Å²) in [4.78, 5) is 32.1. The average molecular weight is 266 g/mol. The van der Waals surface area contributed by atoms with Crippen LogP contribution in [0.25, 0.3) is 0 Å². The number of aldehydes is 1. The summed E-state index contributed by atoms with van der Waals surface area (Å²) in [6, 6.07) is 3.62. The molecule has 1 rings (SSSR count). The first-order valence-electron chi connectivity index (χ1n) is 5.71. The van der Waals surface area contributed by atoms with Crippen LogP contribution in [0, 0.1) is 10.1 Å². The smallest absolute Gasteiger partial charge is 0.270 e. The summed E-state index contributed by atoms with van der Waals surface area (Å²) in [5, 5.41) is 13.2. The molecule has 0 aliphatic carbocycles. The lowest BCUT2D eigenvalue weighted by Gasteiger charge is -2.08. The van der Waals surface area contributed by atoms with Crippen LogP contribution >= 0.6 is 0 Å². The number of non-ortho nitro benzene ring substituents is 1. The number of ether oxygens (including phenoxy) is 1. The van der Waals surface area contributed by atoms with Gasteiger partial charge in [0.15, 0.2) is 12.9 Å². The van der Waals surface area contributed by atoms with Crippen molar-refractivity contribution in [3.63, 3.8) is 0 Å². The number of nitrogens with zero attached hydrogens (tertiary/aromatic N) is 1. The van der Waals surface area contributed by atoms with E-state index in [2.05, 4.69) is 5.32 Å². The summed E-state index contributed by atoms with van der Waals surface area (Å²) in [7, 11) is 0. The molecule has 0 unspecified atom stereocenters. The fourth-order valence-corrected chi connectivity index (χ4v) is 1.33. The molecule has 0 atom stereocenters. The molecule has 0 heterocycles. The second-order valence-electron chi connectivity index (χ2n) is 3.74. The summed E-state index contributed by atoms with van der Waals surface area (Å²) in [5.74, 6) is -0.163. The molecule has 7 heteroatoms. The molecule has 0 fully saturated rings. The van der Waals surface area contributed by atoms with Gasteiger partial charge in [-0.2, -0.15) is 0 Å². The molecule has 0 bridgehead atoms. The van der Waals surface area contributed by atoms with Crippen molar-refractivity contribution in [2.24, 2.45) is 0 Å². The number of hydrogen-bond donors (Lipinski definition) is 1. The zero-order valence-corrected chi connectivity index (χ0v) is 10.4. The van der Waals surface area contributed by atoms with E-state index in [1.807, 2.05) is 6.92 Å². The van der Waals surface area contributed by atoms with Gasteiger partial charge in [-0.3, -0.25) is 19.7 Å². The summed E-state index contributed by atoms with van der Waals surface area (Å²) in [6.07, 6.45) is 1.26. The molecule has 0 spiro atoms. The predicted molar refractivity (Wildman–Crippen MR) is 67.3 cm³/mol. The van der Waals surface area contributed by atoms with Crippen LogP contribution in [0.5, 0.6) is 5.75 Å². The van der Waals surface area contributed by atoms with E-state index < -0.39 is 4.92 Å². The van der Waals surface area contributed by atoms with Crippen LogP contribution in [-0.2, 0) is 4.79 Å². The topological polar surface area (TPSA) is 98.5 Å². The molecule has 19 heavy (non-hydrogen) atoms. The molecule has 0 aliphatic heterocycles. The Balaban J connectivity index is 2.70. The van der Waals surface area contributed by atoms with Gasteiger partial charge >= 0.3 is 0 Å². The number of carbonyl (C=O) groups is 2. The second kappa shape index (κ2) is 7.10. The van der Waals surface area contributed by atoms with Crippen molar-refractivity contribution in [2.45, 2.75) is 13.3 Å². The molecule has 1 N–H and O–H groups in total. The fraction of sp³-hybridized carbons (Fsp3) is 0.333. The lowest BCUT2D eigenvalue weighted by atomic mass is 10.2. The number of nitro benzene ring substituents is 1. The van der Waals surface area contributed by atoms with Crippen LogP contribution in [0.4, 0.5) is 5.69 Å². The maximum absolute atomic E-state index is 11.3. The van der Waals surface area contributed by atoms with Crippen LogP contribution in [0.1, 0.15) is 23.7 Å². The van der Waals surface area contributed by atoms with Crippen molar-refractivity contribution >= 4 is 17.9 Å². The molecule has 1 aromatic rings. The van der Waals surface area contributed by atoms with Crippen LogP contribution in [0.15, 0.2) is 18.2 Å². The summed E-state index contributed by atoms with van der Waals surface area (Å²) in [6.45, 7) is 2.23. The number of nitrogens with one attached hydrogen (secondary N) is 1. The van der Waals surface area contributed by atoms with Crippen molar-refractivity contribution in [3.8, 4) is 5.75 Å². The van der Waals surface area contributed by atoms with Gasteiger partial charge in [0.1, 0.15) is 5.75 Å². The first-order valence-corrected chi connectivity index (χ1v) is 5.71. The first-order chi connectivity index (χ1) is 9.08. The van der Waals surface area contributed by atoms with E-state index in [-0.39, 0.29) is 29.5 Å². The monoisotopic (exact) mass is 266 g/mol. The van der Waals surface area contributed by atoms with E-state index in [4.69, 9.17) is 4.74 Å². The van der Waals surface area contributed by atoms with E-state index >= 15 is 0 Å². The standard InChI is InChI=1S/C12H14N2O5/c1-2-5-13-12(16)8-19-11-4-3-10(14(17)18)6-9(11)7-15/h3-4,6-7H,2,5,8H2,1H3,(H,13,16). The highest BCUT2D eigenvalue weighted by molar-refractivity contribution is 5.81. The normalized spacial score (nSPS) is 9.74. The maximum Gasteiger partial charge on any atom is 0.270 e. The molecule has 1 aromatic carbocycles. The van der Waals surface area contributed by atoms with Crippen molar-refractivity contribution in [3.05, 3.63) is 33.9 Å². The van der Waals surface area contributed by atoms with Gasteiger partial charge in [0.05, 0.1) is 10.5 Å². The Kier molecular flexibility index (Phi) is 5.46. The van der Waals surface area contributed by atoms with E-state index in [0.717, 1.165) is 12.5 Å². The number of carbonyl (C=O) groups excluding carboxylic acids is 2. The lowest BCUT2D eigenvalue weighted by Crippen LogP contribution is -2.29. The van der Waals surface area contributed by atoms with E-state index in [1.54, 1.807) is 0 Å². The third-order valence-electron chi connectivity index (χ3n) is 2.26. The number of rotatable bonds is 7. The maximum atomic E-state index is 11.3. The highest BCUT2D eigenvalue weighted by Crippen LogP contribution is 2.22. The zero-order valence-electron chi connectivity index (χ0n) is 10.4. The molecule has 0 saturated heterocycles. The Bertz CT molecular complexity index is 487. The van der Waals surface area contributed by atoms with E-state index in [0.29, 0.717) is 12.8 Å².